The number of nitrogens with one attached hydrogen (secondary N) is 1. The zero-order chi connectivity index (χ0) is 11.0. The van der Waals surface area contributed by atoms with Crippen molar-refractivity contribution in [2.45, 2.75) is 13.0 Å². The Morgan fingerprint density at radius 2 is 2.19 bits per heavy atom. The molecule has 1 aliphatic rings. The van der Waals surface area contributed by atoms with Gasteiger partial charge in [0.25, 0.3) is 0 Å². The fourth-order valence-corrected chi connectivity index (χ4v) is 2.02. The van der Waals surface area contributed by atoms with E-state index in [0.29, 0.717) is 12.4 Å². The minimum absolute atomic E-state index is 0.518. The number of rotatable bonds is 1. The van der Waals surface area contributed by atoms with Gasteiger partial charge in [-0.25, -0.2) is 0 Å². The monoisotopic (exact) mass is 215 g/mol. The number of hydrogen-bond donors (Lipinski definition) is 2. The van der Waals surface area contributed by atoms with Crippen LogP contribution in [0.15, 0.2) is 24.3 Å². The maximum atomic E-state index is 5.59. The molecule has 0 atom stereocenters. The highest BCUT2D eigenvalue weighted by Crippen LogP contribution is 2.24. The molecule has 0 bridgehead atoms. The van der Waals surface area contributed by atoms with Gasteiger partial charge in [0.05, 0.1) is 18.9 Å². The van der Waals surface area contributed by atoms with Crippen molar-refractivity contribution in [2.75, 3.05) is 12.3 Å². The average molecular weight is 215 g/mol. The van der Waals surface area contributed by atoms with Crippen LogP contribution >= 0.6 is 0 Å². The van der Waals surface area contributed by atoms with Crippen LogP contribution in [0.1, 0.15) is 11.1 Å². The molecule has 3 rings (SSSR count). The second-order valence-electron chi connectivity index (χ2n) is 3.99. The van der Waals surface area contributed by atoms with Crippen molar-refractivity contribution in [1.82, 2.24) is 10.2 Å². The summed E-state index contributed by atoms with van der Waals surface area (Å²) in [4.78, 5) is 0. The van der Waals surface area contributed by atoms with Crippen LogP contribution in [0.3, 0.4) is 0 Å². The molecular weight excluding hydrogens is 202 g/mol. The normalized spacial score (nSPS) is 14.8. The van der Waals surface area contributed by atoms with E-state index in [2.05, 4.69) is 28.4 Å². The Balaban J connectivity index is 2.02. The molecule has 0 amide bonds. The minimum Gasteiger partial charge on any atom is -0.382 e. The molecule has 4 nitrogen and oxygen atoms in total. The van der Waals surface area contributed by atoms with Gasteiger partial charge in [-0.2, -0.15) is 5.10 Å². The number of nitrogen functional groups attached to an aromatic ring is 1. The Morgan fingerprint density at radius 3 is 3.00 bits per heavy atom. The van der Waals surface area contributed by atoms with E-state index >= 15 is 0 Å². The molecule has 0 fully saturated rings. The van der Waals surface area contributed by atoms with Gasteiger partial charge in [0.2, 0.25) is 0 Å². The van der Waals surface area contributed by atoms with Crippen LogP contribution in [0.25, 0.3) is 11.3 Å². The highest BCUT2D eigenvalue weighted by atomic mass is 16.5. The van der Waals surface area contributed by atoms with Gasteiger partial charge in [0, 0.05) is 6.07 Å². The summed E-state index contributed by atoms with van der Waals surface area (Å²) >= 11 is 0. The third-order valence-corrected chi connectivity index (χ3v) is 2.89. The first-order valence-electron chi connectivity index (χ1n) is 5.34. The fraction of sp³-hybridized carbons (Fsp3) is 0.250. The van der Waals surface area contributed by atoms with E-state index in [1.54, 1.807) is 0 Å². The van der Waals surface area contributed by atoms with Gasteiger partial charge in [-0.1, -0.05) is 12.1 Å². The van der Waals surface area contributed by atoms with E-state index in [1.165, 1.54) is 11.1 Å². The number of aromatic nitrogens is 2. The van der Waals surface area contributed by atoms with E-state index in [-0.39, 0.29) is 0 Å². The van der Waals surface area contributed by atoms with E-state index in [0.717, 1.165) is 24.3 Å². The van der Waals surface area contributed by atoms with Crippen LogP contribution in [-0.4, -0.2) is 16.8 Å². The molecule has 1 aromatic carbocycles. The first kappa shape index (κ1) is 9.42. The molecule has 0 spiro atoms. The number of aromatic amines is 1. The molecule has 0 unspecified atom stereocenters. The molecule has 0 saturated carbocycles. The fourth-order valence-electron chi connectivity index (χ4n) is 2.02. The van der Waals surface area contributed by atoms with E-state index in [4.69, 9.17) is 10.5 Å². The minimum atomic E-state index is 0.518. The molecule has 2 aromatic rings. The van der Waals surface area contributed by atoms with Gasteiger partial charge in [-0.05, 0) is 29.2 Å². The third-order valence-electron chi connectivity index (χ3n) is 2.89. The summed E-state index contributed by atoms with van der Waals surface area (Å²) in [7, 11) is 0. The zero-order valence-corrected chi connectivity index (χ0v) is 8.86. The predicted octanol–water partition coefficient (Wildman–Crippen LogP) is 1.73. The molecule has 0 saturated heterocycles. The summed E-state index contributed by atoms with van der Waals surface area (Å²) in [6.45, 7) is 1.52. The Bertz CT molecular complexity index is 519. The van der Waals surface area contributed by atoms with Crippen molar-refractivity contribution in [1.29, 1.82) is 0 Å². The first-order chi connectivity index (χ1) is 7.83. The SMILES string of the molecule is Nc1cc(-c2ccc3c(c2)COCC3)[nH]n1. The van der Waals surface area contributed by atoms with Crippen LogP contribution in [-0.2, 0) is 17.8 Å². The molecule has 0 aliphatic carbocycles. The second-order valence-corrected chi connectivity index (χ2v) is 3.99. The summed E-state index contributed by atoms with van der Waals surface area (Å²) in [5, 5.41) is 6.84. The lowest BCUT2D eigenvalue weighted by Gasteiger charge is -2.16. The third kappa shape index (κ3) is 1.57. The Kier molecular flexibility index (Phi) is 2.15. The number of nitrogens with two attached hydrogens (primary N) is 1. The van der Waals surface area contributed by atoms with Gasteiger partial charge in [-0.15, -0.1) is 0 Å². The van der Waals surface area contributed by atoms with Crippen molar-refractivity contribution >= 4 is 5.82 Å². The molecule has 82 valence electrons. The Morgan fingerprint density at radius 1 is 1.25 bits per heavy atom. The van der Waals surface area contributed by atoms with Crippen LogP contribution in [0.2, 0.25) is 0 Å². The lowest BCUT2D eigenvalue weighted by molar-refractivity contribution is 0.111. The number of hydrogen-bond acceptors (Lipinski definition) is 3. The maximum Gasteiger partial charge on any atom is 0.145 e. The number of fused-ring (bicyclic) bond motifs is 1. The maximum absolute atomic E-state index is 5.59. The standard InChI is InChI=1S/C12H13N3O/c13-12-6-11(14-15-12)9-2-1-8-3-4-16-7-10(8)5-9/h1-2,5-6H,3-4,7H2,(H3,13,14,15). The lowest BCUT2D eigenvalue weighted by Crippen LogP contribution is -2.09. The smallest absolute Gasteiger partial charge is 0.145 e. The molecular formula is C12H13N3O. The summed E-state index contributed by atoms with van der Waals surface area (Å²) in [5.41, 5.74) is 10.3. The van der Waals surface area contributed by atoms with Gasteiger partial charge < -0.3 is 10.5 Å². The second kappa shape index (κ2) is 3.64. The van der Waals surface area contributed by atoms with Crippen molar-refractivity contribution < 1.29 is 4.74 Å². The zero-order valence-electron chi connectivity index (χ0n) is 8.86. The topological polar surface area (TPSA) is 63.9 Å². The predicted molar refractivity (Wildman–Crippen MR) is 61.8 cm³/mol. The molecule has 0 radical (unpaired) electrons. The van der Waals surface area contributed by atoms with Gasteiger partial charge in [0.1, 0.15) is 5.82 Å². The summed E-state index contributed by atoms with van der Waals surface area (Å²) in [6, 6.07) is 8.23. The quantitative estimate of drug-likeness (QED) is 0.761. The number of ether oxygens (including phenoxy) is 1. The summed E-state index contributed by atoms with van der Waals surface area (Å²) in [5.74, 6) is 0.518. The van der Waals surface area contributed by atoms with E-state index in [1.807, 2.05) is 6.07 Å². The Hall–Kier alpha value is -1.81. The molecule has 4 heteroatoms. The van der Waals surface area contributed by atoms with Crippen LogP contribution in [0.5, 0.6) is 0 Å². The summed E-state index contributed by atoms with van der Waals surface area (Å²) < 4.78 is 5.44. The van der Waals surface area contributed by atoms with Crippen molar-refractivity contribution in [3.8, 4) is 11.3 Å². The Labute approximate surface area is 93.4 Å². The number of benzene rings is 1. The molecule has 3 N–H and O–H groups in total. The van der Waals surface area contributed by atoms with Crippen molar-refractivity contribution in [3.05, 3.63) is 35.4 Å². The van der Waals surface area contributed by atoms with Crippen molar-refractivity contribution in [3.63, 3.8) is 0 Å². The van der Waals surface area contributed by atoms with Crippen LogP contribution in [0.4, 0.5) is 5.82 Å². The highest BCUT2D eigenvalue weighted by Gasteiger charge is 2.11. The lowest BCUT2D eigenvalue weighted by atomic mass is 9.99. The van der Waals surface area contributed by atoms with E-state index in [9.17, 15) is 0 Å². The van der Waals surface area contributed by atoms with Gasteiger partial charge in [-0.3, -0.25) is 5.10 Å². The number of nitrogens with zero attached hydrogens (tertiary/aromatic N) is 1. The molecule has 1 aliphatic heterocycles. The molecule has 1 aromatic heterocycles. The number of anilines is 1. The van der Waals surface area contributed by atoms with E-state index < -0.39 is 0 Å². The van der Waals surface area contributed by atoms with Gasteiger partial charge in [0.15, 0.2) is 0 Å². The average Bonchev–Trinajstić information content (AvgIpc) is 2.75. The van der Waals surface area contributed by atoms with Gasteiger partial charge >= 0.3 is 0 Å². The largest absolute Gasteiger partial charge is 0.382 e. The first-order valence-corrected chi connectivity index (χ1v) is 5.34. The number of H-pyrrole nitrogens is 1. The highest BCUT2D eigenvalue weighted by molar-refractivity contribution is 5.63. The molecule has 2 heterocycles. The van der Waals surface area contributed by atoms with Crippen molar-refractivity contribution in [2.24, 2.45) is 0 Å². The van der Waals surface area contributed by atoms with Crippen LogP contribution < -0.4 is 5.73 Å². The molecule has 16 heavy (non-hydrogen) atoms. The van der Waals surface area contributed by atoms with Crippen LogP contribution in [0, 0.1) is 0 Å². The summed E-state index contributed by atoms with van der Waals surface area (Å²) in [6.07, 6.45) is 1.00.